The van der Waals surface area contributed by atoms with E-state index in [2.05, 4.69) is 69.3 Å². The molecule has 1 saturated carbocycles. The molecule has 0 bridgehead atoms. The van der Waals surface area contributed by atoms with Gasteiger partial charge in [-0.15, -0.1) is 0 Å². The Morgan fingerprint density at radius 2 is 1.82 bits per heavy atom. The molecule has 8 heteroatoms. The number of amides is 2. The number of carbonyl (C=O) groups excluding carboxylic acids is 1. The van der Waals surface area contributed by atoms with Crippen LogP contribution in [0.3, 0.4) is 0 Å². The molecule has 2 amide bonds. The lowest BCUT2D eigenvalue weighted by molar-refractivity contribution is -0.0812. The van der Waals surface area contributed by atoms with Crippen LogP contribution in [0.1, 0.15) is 37.9 Å². The van der Waals surface area contributed by atoms with Crippen LogP contribution in [-0.2, 0) is 6.54 Å². The van der Waals surface area contributed by atoms with Gasteiger partial charge in [0.25, 0.3) is 0 Å². The number of aromatic nitrogens is 2. The molecule has 3 heterocycles. The molecule has 1 aromatic heterocycles. The number of nitriles is 1. The molecule has 3 aliphatic rings. The fourth-order valence-corrected chi connectivity index (χ4v) is 5.90. The topological polar surface area (TPSA) is 88.4 Å². The van der Waals surface area contributed by atoms with Gasteiger partial charge in [-0.2, -0.15) is 5.26 Å². The largest absolute Gasteiger partial charge is 0.351 e. The van der Waals surface area contributed by atoms with Gasteiger partial charge >= 0.3 is 6.03 Å². The van der Waals surface area contributed by atoms with Crippen LogP contribution in [0.25, 0.3) is 0 Å². The average molecular weight is 446 g/mol. The Kier molecular flexibility index (Phi) is 5.67. The van der Waals surface area contributed by atoms with Crippen molar-refractivity contribution in [3.05, 3.63) is 54.0 Å². The van der Waals surface area contributed by atoms with Crippen LogP contribution >= 0.6 is 0 Å². The Bertz CT molecular complexity index is 1010. The molecule has 2 atom stereocenters. The second-order valence-corrected chi connectivity index (χ2v) is 10.1. The molecule has 1 N–H and O–H groups in total. The predicted molar refractivity (Wildman–Crippen MR) is 125 cm³/mol. The standard InChI is InChI=1S/C25H31N7O/c1-18-13-31(23-12-27-22(10-26)11-28-23)14-19(2)32(18)24(33)29-21-8-25(9-21)16-30(17-25)15-20-6-4-3-5-7-20/h3-7,11-12,18-19,21H,8-9,13-17H2,1-2H3,(H,29,33)/t18-,19+. The molecule has 1 aromatic carbocycles. The molecule has 3 fully saturated rings. The molecule has 5 rings (SSSR count). The number of hydrogen-bond donors (Lipinski definition) is 1. The summed E-state index contributed by atoms with van der Waals surface area (Å²) in [7, 11) is 0. The van der Waals surface area contributed by atoms with Crippen LogP contribution in [0.5, 0.6) is 0 Å². The van der Waals surface area contributed by atoms with E-state index in [1.165, 1.54) is 11.8 Å². The molecule has 1 aliphatic carbocycles. The van der Waals surface area contributed by atoms with Gasteiger partial charge in [0.15, 0.2) is 5.69 Å². The lowest BCUT2D eigenvalue weighted by Crippen LogP contribution is -2.68. The minimum Gasteiger partial charge on any atom is -0.351 e. The molecule has 1 spiro atoms. The van der Waals surface area contributed by atoms with Crippen LogP contribution in [-0.4, -0.2) is 70.1 Å². The van der Waals surface area contributed by atoms with Crippen LogP contribution in [0, 0.1) is 16.7 Å². The molecule has 2 saturated heterocycles. The van der Waals surface area contributed by atoms with Crippen LogP contribution < -0.4 is 10.2 Å². The molecule has 8 nitrogen and oxygen atoms in total. The molecular formula is C25H31N7O. The quantitative estimate of drug-likeness (QED) is 0.778. The summed E-state index contributed by atoms with van der Waals surface area (Å²) in [5.41, 5.74) is 2.08. The third kappa shape index (κ3) is 4.38. The van der Waals surface area contributed by atoms with E-state index in [1.807, 2.05) is 11.0 Å². The van der Waals surface area contributed by atoms with Crippen molar-refractivity contribution in [1.29, 1.82) is 5.26 Å². The smallest absolute Gasteiger partial charge is 0.318 e. The van der Waals surface area contributed by atoms with E-state index in [1.54, 1.807) is 6.20 Å². The predicted octanol–water partition coefficient (Wildman–Crippen LogP) is 2.62. The maximum absolute atomic E-state index is 13.1. The van der Waals surface area contributed by atoms with Gasteiger partial charge in [-0.05, 0) is 37.7 Å². The maximum atomic E-state index is 13.1. The van der Waals surface area contributed by atoms with Crippen molar-refractivity contribution >= 4 is 11.8 Å². The highest BCUT2D eigenvalue weighted by atomic mass is 16.2. The van der Waals surface area contributed by atoms with Gasteiger partial charge in [-0.1, -0.05) is 30.3 Å². The Hall–Kier alpha value is -3.18. The van der Waals surface area contributed by atoms with E-state index in [4.69, 9.17) is 5.26 Å². The summed E-state index contributed by atoms with van der Waals surface area (Å²) >= 11 is 0. The number of rotatable bonds is 4. The van der Waals surface area contributed by atoms with E-state index >= 15 is 0 Å². The number of piperazine rings is 1. The van der Waals surface area contributed by atoms with Gasteiger partial charge in [0.05, 0.1) is 12.4 Å². The first-order valence-corrected chi connectivity index (χ1v) is 11.8. The van der Waals surface area contributed by atoms with Crippen LogP contribution in [0.2, 0.25) is 0 Å². The molecular weight excluding hydrogens is 414 g/mol. The van der Waals surface area contributed by atoms with Crippen molar-refractivity contribution in [2.45, 2.75) is 51.4 Å². The Morgan fingerprint density at radius 1 is 1.12 bits per heavy atom. The molecule has 2 aromatic rings. The number of likely N-dealkylation sites (tertiary alicyclic amines) is 1. The highest BCUT2D eigenvalue weighted by Crippen LogP contribution is 2.48. The Morgan fingerprint density at radius 3 is 2.42 bits per heavy atom. The summed E-state index contributed by atoms with van der Waals surface area (Å²) in [5.74, 6) is 0.749. The number of carbonyl (C=O) groups is 1. The zero-order chi connectivity index (χ0) is 23.0. The Balaban J connectivity index is 1.09. The van der Waals surface area contributed by atoms with Gasteiger partial charge in [0.1, 0.15) is 11.9 Å². The lowest BCUT2D eigenvalue weighted by Gasteiger charge is -2.59. The molecule has 172 valence electrons. The SMILES string of the molecule is C[C@@H]1CN(c2cnc(C#N)cn2)C[C@H](C)N1C(=O)NC1CC2(C1)CN(Cc1ccccc1)C2. The van der Waals surface area contributed by atoms with E-state index in [-0.39, 0.29) is 24.2 Å². The minimum absolute atomic E-state index is 0.0425. The number of nitrogens with zero attached hydrogens (tertiary/aromatic N) is 6. The average Bonchev–Trinajstić information content (AvgIpc) is 2.76. The summed E-state index contributed by atoms with van der Waals surface area (Å²) in [6.07, 6.45) is 5.29. The maximum Gasteiger partial charge on any atom is 0.318 e. The van der Waals surface area contributed by atoms with E-state index in [0.717, 1.165) is 38.3 Å². The molecule has 0 radical (unpaired) electrons. The minimum atomic E-state index is 0.0425. The van der Waals surface area contributed by atoms with Crippen molar-refractivity contribution in [3.8, 4) is 6.07 Å². The van der Waals surface area contributed by atoms with Crippen LogP contribution in [0.4, 0.5) is 10.6 Å². The van der Waals surface area contributed by atoms with Crippen molar-refractivity contribution in [1.82, 2.24) is 25.1 Å². The lowest BCUT2D eigenvalue weighted by atomic mass is 9.60. The van der Waals surface area contributed by atoms with E-state index < -0.39 is 0 Å². The highest BCUT2D eigenvalue weighted by Gasteiger charge is 2.52. The van der Waals surface area contributed by atoms with Gasteiger partial charge in [0.2, 0.25) is 0 Å². The summed E-state index contributed by atoms with van der Waals surface area (Å²) in [5, 5.41) is 12.2. The fraction of sp³-hybridized carbons (Fsp3) is 0.520. The molecule has 0 unspecified atom stereocenters. The van der Waals surface area contributed by atoms with Gasteiger partial charge in [0, 0.05) is 50.8 Å². The van der Waals surface area contributed by atoms with E-state index in [0.29, 0.717) is 24.2 Å². The molecule has 2 aliphatic heterocycles. The second kappa shape index (κ2) is 8.64. The van der Waals surface area contributed by atoms with Crippen LogP contribution in [0.15, 0.2) is 42.7 Å². The zero-order valence-electron chi connectivity index (χ0n) is 19.3. The van der Waals surface area contributed by atoms with Gasteiger partial charge < -0.3 is 15.1 Å². The van der Waals surface area contributed by atoms with Crippen molar-refractivity contribution < 1.29 is 4.79 Å². The number of benzene rings is 1. The van der Waals surface area contributed by atoms with Crippen molar-refractivity contribution in [3.63, 3.8) is 0 Å². The third-order valence-corrected chi connectivity index (χ3v) is 7.28. The van der Waals surface area contributed by atoms with Gasteiger partial charge in [-0.25, -0.2) is 14.8 Å². The monoisotopic (exact) mass is 445 g/mol. The normalized spacial score (nSPS) is 24.6. The summed E-state index contributed by atoms with van der Waals surface area (Å²) in [4.78, 5) is 28.2. The highest BCUT2D eigenvalue weighted by molar-refractivity contribution is 5.76. The molecule has 33 heavy (non-hydrogen) atoms. The second-order valence-electron chi connectivity index (χ2n) is 10.1. The number of hydrogen-bond acceptors (Lipinski definition) is 6. The first-order valence-electron chi connectivity index (χ1n) is 11.8. The van der Waals surface area contributed by atoms with Crippen molar-refractivity contribution in [2.24, 2.45) is 5.41 Å². The first kappa shape index (κ1) is 21.7. The Labute approximate surface area is 195 Å². The number of urea groups is 1. The number of anilines is 1. The van der Waals surface area contributed by atoms with Crippen molar-refractivity contribution in [2.75, 3.05) is 31.1 Å². The summed E-state index contributed by atoms with van der Waals surface area (Å²) < 4.78 is 0. The zero-order valence-corrected chi connectivity index (χ0v) is 19.3. The summed E-state index contributed by atoms with van der Waals surface area (Å²) in [6, 6.07) is 13.1. The third-order valence-electron chi connectivity index (χ3n) is 7.28. The van der Waals surface area contributed by atoms with E-state index in [9.17, 15) is 4.79 Å². The summed E-state index contributed by atoms with van der Waals surface area (Å²) in [6.45, 7) is 8.83. The van der Waals surface area contributed by atoms with Gasteiger partial charge in [-0.3, -0.25) is 4.90 Å². The fourth-order valence-electron chi connectivity index (χ4n) is 5.90. The number of nitrogens with one attached hydrogen (secondary N) is 1. The first-order chi connectivity index (χ1) is 15.9.